The first kappa shape index (κ1) is 26.4. The Kier molecular flexibility index (Phi) is 8.67. The number of methoxy groups -OCH3 is 1. The first-order valence-electron chi connectivity index (χ1n) is 12.1. The van der Waals surface area contributed by atoms with Crippen LogP contribution in [0.5, 0.6) is 11.5 Å². The number of Topliss-reactive ketones (excluding diaryl/α,β-unsaturated/α-hetero) is 2. The molecule has 1 saturated heterocycles. The van der Waals surface area contributed by atoms with Gasteiger partial charge in [0.2, 0.25) is 5.78 Å². The molecule has 0 aromatic heterocycles. The quantitative estimate of drug-likeness (QED) is 0.275. The smallest absolute Gasteiger partial charge is 0.291 e. The lowest BCUT2D eigenvalue weighted by Gasteiger charge is -2.29. The molecule has 0 saturated carbocycles. The molecule has 1 fully saturated rings. The van der Waals surface area contributed by atoms with Crippen LogP contribution in [-0.4, -0.2) is 68.2 Å². The lowest BCUT2D eigenvalue weighted by atomic mass is 9.84. The number of hydrogen-bond donors (Lipinski definition) is 0. The fraction of sp³-hybridized carbons (Fsp3) is 0.464. The molecule has 2 atom stereocenters. The Bertz CT molecular complexity index is 1080. The van der Waals surface area contributed by atoms with Crippen molar-refractivity contribution in [3.8, 4) is 11.5 Å². The van der Waals surface area contributed by atoms with Gasteiger partial charge in [0.15, 0.2) is 5.78 Å². The molecular weight excluding hydrogens is 444 g/mol. The van der Waals surface area contributed by atoms with Gasteiger partial charge in [0, 0.05) is 17.7 Å². The van der Waals surface area contributed by atoms with Crippen molar-refractivity contribution in [1.82, 2.24) is 9.80 Å². The molecule has 7 nitrogen and oxygen atoms in total. The van der Waals surface area contributed by atoms with Crippen LogP contribution >= 0.6 is 0 Å². The summed E-state index contributed by atoms with van der Waals surface area (Å²) in [6.45, 7) is 7.65. The molecule has 2 unspecified atom stereocenters. The Morgan fingerprint density at radius 2 is 1.83 bits per heavy atom. The number of carbonyl (C=O) groups excluding carboxylic acids is 3. The van der Waals surface area contributed by atoms with E-state index in [9.17, 15) is 14.4 Å². The SMILES string of the molecule is COc1ccccc1C1C(C(=O)c2ccc(OCC(C)C)cc2C)C(=O)C(=O)N1CCCN(C)C. The number of ketones is 2. The monoisotopic (exact) mass is 480 g/mol. The molecule has 188 valence electrons. The van der Waals surface area contributed by atoms with Crippen molar-refractivity contribution in [2.24, 2.45) is 11.8 Å². The van der Waals surface area contributed by atoms with Crippen LogP contribution < -0.4 is 9.47 Å². The molecular formula is C28H36N2O5. The first-order valence-corrected chi connectivity index (χ1v) is 12.1. The Balaban J connectivity index is 2.00. The van der Waals surface area contributed by atoms with Crippen LogP contribution in [0.4, 0.5) is 0 Å². The predicted molar refractivity (Wildman–Crippen MR) is 135 cm³/mol. The molecule has 0 radical (unpaired) electrons. The number of aryl methyl sites for hydroxylation is 1. The van der Waals surface area contributed by atoms with Crippen molar-refractivity contribution < 1.29 is 23.9 Å². The highest BCUT2D eigenvalue weighted by molar-refractivity contribution is 6.44. The van der Waals surface area contributed by atoms with Crippen LogP contribution in [0.3, 0.4) is 0 Å². The summed E-state index contributed by atoms with van der Waals surface area (Å²) in [5.41, 5.74) is 1.79. The number of rotatable bonds is 11. The highest BCUT2D eigenvalue weighted by Crippen LogP contribution is 2.42. The third-order valence-corrected chi connectivity index (χ3v) is 6.20. The third-order valence-electron chi connectivity index (χ3n) is 6.20. The number of likely N-dealkylation sites (tertiary alicyclic amines) is 1. The van der Waals surface area contributed by atoms with E-state index in [1.807, 2.05) is 50.2 Å². The average molecular weight is 481 g/mol. The summed E-state index contributed by atoms with van der Waals surface area (Å²) in [7, 11) is 5.46. The van der Waals surface area contributed by atoms with Gasteiger partial charge in [-0.25, -0.2) is 0 Å². The summed E-state index contributed by atoms with van der Waals surface area (Å²) >= 11 is 0. The second-order valence-corrected chi connectivity index (χ2v) is 9.73. The van der Waals surface area contributed by atoms with E-state index in [1.165, 1.54) is 0 Å². The number of hydrogen-bond acceptors (Lipinski definition) is 6. The molecule has 2 aromatic rings. The third kappa shape index (κ3) is 5.90. The molecule has 3 rings (SSSR count). The fourth-order valence-corrected chi connectivity index (χ4v) is 4.48. The molecule has 1 aliphatic rings. The lowest BCUT2D eigenvalue weighted by Crippen LogP contribution is -2.33. The average Bonchev–Trinajstić information content (AvgIpc) is 3.07. The minimum atomic E-state index is -1.14. The molecule has 0 N–H and O–H groups in total. The lowest BCUT2D eigenvalue weighted by molar-refractivity contribution is -0.140. The van der Waals surface area contributed by atoms with Crippen LogP contribution in [0.15, 0.2) is 42.5 Å². The summed E-state index contributed by atoms with van der Waals surface area (Å²) in [4.78, 5) is 43.8. The van der Waals surface area contributed by atoms with Gasteiger partial charge in [0.25, 0.3) is 5.91 Å². The largest absolute Gasteiger partial charge is 0.496 e. The van der Waals surface area contributed by atoms with Gasteiger partial charge in [-0.05, 0) is 69.7 Å². The summed E-state index contributed by atoms with van der Waals surface area (Å²) in [6.07, 6.45) is 0.680. The van der Waals surface area contributed by atoms with E-state index in [0.29, 0.717) is 53.7 Å². The van der Waals surface area contributed by atoms with Crippen molar-refractivity contribution in [2.75, 3.05) is 40.9 Å². The molecule has 7 heteroatoms. The van der Waals surface area contributed by atoms with Crippen LogP contribution in [0.1, 0.15) is 47.8 Å². The molecule has 1 amide bonds. The second kappa shape index (κ2) is 11.5. The van der Waals surface area contributed by atoms with Gasteiger partial charge in [-0.2, -0.15) is 0 Å². The zero-order valence-electron chi connectivity index (χ0n) is 21.5. The summed E-state index contributed by atoms with van der Waals surface area (Å²) < 4.78 is 11.3. The van der Waals surface area contributed by atoms with Crippen molar-refractivity contribution >= 4 is 17.5 Å². The van der Waals surface area contributed by atoms with E-state index in [2.05, 4.69) is 13.8 Å². The van der Waals surface area contributed by atoms with Crippen LogP contribution in [-0.2, 0) is 9.59 Å². The molecule has 1 heterocycles. The van der Waals surface area contributed by atoms with E-state index in [4.69, 9.17) is 9.47 Å². The number of nitrogens with zero attached hydrogens (tertiary/aromatic N) is 2. The van der Waals surface area contributed by atoms with Crippen LogP contribution in [0, 0.1) is 18.8 Å². The summed E-state index contributed by atoms with van der Waals surface area (Å²) in [5.74, 6) is -1.19. The van der Waals surface area contributed by atoms with Gasteiger partial charge in [0.1, 0.15) is 17.4 Å². The van der Waals surface area contributed by atoms with Crippen LogP contribution in [0.2, 0.25) is 0 Å². The van der Waals surface area contributed by atoms with Crippen molar-refractivity contribution in [3.05, 3.63) is 59.2 Å². The topological polar surface area (TPSA) is 76.1 Å². The Labute approximate surface area is 208 Å². The summed E-state index contributed by atoms with van der Waals surface area (Å²) in [6, 6.07) is 11.8. The van der Waals surface area contributed by atoms with Crippen molar-refractivity contribution in [1.29, 1.82) is 0 Å². The predicted octanol–water partition coefficient (Wildman–Crippen LogP) is 3.94. The molecule has 2 aromatic carbocycles. The van der Waals surface area contributed by atoms with E-state index < -0.39 is 23.7 Å². The maximum absolute atomic E-state index is 13.8. The Morgan fingerprint density at radius 1 is 1.11 bits per heavy atom. The minimum absolute atomic E-state index is 0.359. The zero-order chi connectivity index (χ0) is 25.7. The number of amides is 1. The number of benzene rings is 2. The Hall–Kier alpha value is -3.19. The highest BCUT2D eigenvalue weighted by Gasteiger charge is 2.52. The van der Waals surface area contributed by atoms with Gasteiger partial charge in [0.05, 0.1) is 19.8 Å². The molecule has 35 heavy (non-hydrogen) atoms. The van der Waals surface area contributed by atoms with E-state index in [-0.39, 0.29) is 5.78 Å². The molecule has 0 aliphatic carbocycles. The van der Waals surface area contributed by atoms with Gasteiger partial charge >= 0.3 is 0 Å². The van der Waals surface area contributed by atoms with Crippen LogP contribution in [0.25, 0.3) is 0 Å². The number of para-hydroxylation sites is 1. The molecule has 0 bridgehead atoms. The minimum Gasteiger partial charge on any atom is -0.496 e. The van der Waals surface area contributed by atoms with E-state index in [1.54, 1.807) is 30.2 Å². The van der Waals surface area contributed by atoms with E-state index >= 15 is 0 Å². The zero-order valence-corrected chi connectivity index (χ0v) is 21.5. The van der Waals surface area contributed by atoms with Gasteiger partial charge < -0.3 is 19.3 Å². The molecule has 0 spiro atoms. The van der Waals surface area contributed by atoms with Crippen molar-refractivity contribution in [3.63, 3.8) is 0 Å². The highest BCUT2D eigenvalue weighted by atomic mass is 16.5. The van der Waals surface area contributed by atoms with Crippen molar-refractivity contribution in [2.45, 2.75) is 33.2 Å². The normalized spacial score (nSPS) is 18.0. The fourth-order valence-electron chi connectivity index (χ4n) is 4.48. The maximum atomic E-state index is 13.8. The van der Waals surface area contributed by atoms with Gasteiger partial charge in [-0.15, -0.1) is 0 Å². The second-order valence-electron chi connectivity index (χ2n) is 9.73. The Morgan fingerprint density at radius 3 is 2.46 bits per heavy atom. The van der Waals surface area contributed by atoms with Gasteiger partial charge in [-0.1, -0.05) is 32.0 Å². The molecule has 1 aliphatic heterocycles. The maximum Gasteiger partial charge on any atom is 0.291 e. The first-order chi connectivity index (χ1) is 16.6. The van der Waals surface area contributed by atoms with Gasteiger partial charge in [-0.3, -0.25) is 14.4 Å². The number of carbonyl (C=O) groups is 3. The standard InChI is InChI=1S/C28H36N2O5/c1-18(2)17-35-20-12-13-21(19(3)16-20)26(31)24-25(22-10-7-8-11-23(22)34-6)30(28(33)27(24)32)15-9-14-29(4)5/h7-8,10-13,16,18,24-25H,9,14-15,17H2,1-6H3. The number of ether oxygens (including phenoxy) is 2. The summed E-state index contributed by atoms with van der Waals surface area (Å²) in [5, 5.41) is 0. The van der Waals surface area contributed by atoms with E-state index in [0.717, 1.165) is 6.54 Å².